The van der Waals surface area contributed by atoms with Crippen molar-refractivity contribution in [2.24, 2.45) is 0 Å². The smallest absolute Gasteiger partial charge is 0.261 e. The van der Waals surface area contributed by atoms with Gasteiger partial charge in [0.15, 0.2) is 6.61 Å². The fraction of sp³-hybridized carbons (Fsp3) is 0.381. The Morgan fingerprint density at radius 2 is 1.71 bits per heavy atom. The quantitative estimate of drug-likeness (QED) is 0.803. The summed E-state index contributed by atoms with van der Waals surface area (Å²) in [5.74, 6) is 0.475. The Bertz CT molecular complexity index is 980. The molecule has 1 saturated heterocycles. The first-order valence-corrected chi connectivity index (χ1v) is 10.9. The van der Waals surface area contributed by atoms with Crippen LogP contribution in [0.4, 0.5) is 5.69 Å². The first-order chi connectivity index (χ1) is 13.3. The third-order valence-electron chi connectivity index (χ3n) is 5.03. The summed E-state index contributed by atoms with van der Waals surface area (Å²) in [4.78, 5) is 14.1. The molecule has 2 aromatic carbocycles. The SMILES string of the molecule is Cc1ccc(NS(=O)(=O)c2ccc(OCC(=O)N3CCCC3)c(C)c2)cc1C. The lowest BCUT2D eigenvalue weighted by molar-refractivity contribution is -0.132. The molecule has 0 atom stereocenters. The van der Waals surface area contributed by atoms with Gasteiger partial charge in [-0.2, -0.15) is 0 Å². The Balaban J connectivity index is 1.69. The topological polar surface area (TPSA) is 75.7 Å². The molecular formula is C21H26N2O4S. The van der Waals surface area contributed by atoms with Gasteiger partial charge in [0.1, 0.15) is 5.75 Å². The second-order valence-electron chi connectivity index (χ2n) is 7.21. The van der Waals surface area contributed by atoms with E-state index < -0.39 is 10.0 Å². The molecule has 150 valence electrons. The van der Waals surface area contributed by atoms with Crippen molar-refractivity contribution < 1.29 is 17.9 Å². The number of ether oxygens (including phenoxy) is 1. The average molecular weight is 403 g/mol. The average Bonchev–Trinajstić information content (AvgIpc) is 3.18. The maximum atomic E-state index is 12.7. The fourth-order valence-electron chi connectivity index (χ4n) is 3.17. The van der Waals surface area contributed by atoms with Gasteiger partial charge in [0.05, 0.1) is 4.90 Å². The molecule has 6 nitrogen and oxygen atoms in total. The van der Waals surface area contributed by atoms with Crippen molar-refractivity contribution in [3.05, 3.63) is 53.1 Å². The molecule has 1 heterocycles. The number of likely N-dealkylation sites (tertiary alicyclic amines) is 1. The fourth-order valence-corrected chi connectivity index (χ4v) is 4.30. The lowest BCUT2D eigenvalue weighted by Gasteiger charge is -2.16. The second-order valence-corrected chi connectivity index (χ2v) is 8.89. The van der Waals surface area contributed by atoms with E-state index in [4.69, 9.17) is 4.74 Å². The van der Waals surface area contributed by atoms with Crippen molar-refractivity contribution in [3.63, 3.8) is 0 Å². The molecule has 0 bridgehead atoms. The highest BCUT2D eigenvalue weighted by Crippen LogP contribution is 2.24. The molecule has 1 aliphatic rings. The Labute approximate surface area is 166 Å². The molecule has 1 aliphatic heterocycles. The van der Waals surface area contributed by atoms with Gasteiger partial charge in [0.25, 0.3) is 15.9 Å². The van der Waals surface area contributed by atoms with Crippen LogP contribution in [-0.4, -0.2) is 38.9 Å². The van der Waals surface area contributed by atoms with Crippen LogP contribution in [0.3, 0.4) is 0 Å². The van der Waals surface area contributed by atoms with Gasteiger partial charge in [0, 0.05) is 18.8 Å². The molecule has 0 radical (unpaired) electrons. The van der Waals surface area contributed by atoms with Crippen molar-refractivity contribution in [1.29, 1.82) is 0 Å². The Morgan fingerprint density at radius 3 is 2.36 bits per heavy atom. The zero-order chi connectivity index (χ0) is 20.3. The second kappa shape index (κ2) is 8.22. The summed E-state index contributed by atoms with van der Waals surface area (Å²) in [6.45, 7) is 7.21. The number of aryl methyl sites for hydroxylation is 3. The number of hydrogen-bond acceptors (Lipinski definition) is 4. The largest absolute Gasteiger partial charge is 0.483 e. The predicted molar refractivity (Wildman–Crippen MR) is 109 cm³/mol. The van der Waals surface area contributed by atoms with E-state index >= 15 is 0 Å². The minimum atomic E-state index is -3.71. The number of carbonyl (C=O) groups excluding carboxylic acids is 1. The number of sulfonamides is 1. The first kappa shape index (κ1) is 20.2. The summed E-state index contributed by atoms with van der Waals surface area (Å²) in [6.07, 6.45) is 2.07. The summed E-state index contributed by atoms with van der Waals surface area (Å²) in [5.41, 5.74) is 3.31. The number of benzene rings is 2. The number of nitrogens with zero attached hydrogens (tertiary/aromatic N) is 1. The van der Waals surface area contributed by atoms with Crippen LogP contribution in [0.5, 0.6) is 5.75 Å². The van der Waals surface area contributed by atoms with Crippen LogP contribution in [0, 0.1) is 20.8 Å². The van der Waals surface area contributed by atoms with Gasteiger partial charge >= 0.3 is 0 Å². The molecular weight excluding hydrogens is 376 g/mol. The Kier molecular flexibility index (Phi) is 5.93. The molecule has 1 fully saturated rings. The van der Waals surface area contributed by atoms with E-state index in [2.05, 4.69) is 4.72 Å². The van der Waals surface area contributed by atoms with E-state index in [0.717, 1.165) is 37.1 Å². The normalized spacial score (nSPS) is 14.2. The maximum absolute atomic E-state index is 12.7. The van der Waals surface area contributed by atoms with E-state index in [1.54, 1.807) is 36.1 Å². The summed E-state index contributed by atoms with van der Waals surface area (Å²) in [6, 6.07) is 10.1. The van der Waals surface area contributed by atoms with Gasteiger partial charge in [0.2, 0.25) is 0 Å². The molecule has 0 saturated carbocycles. The van der Waals surface area contributed by atoms with Crippen LogP contribution in [0.25, 0.3) is 0 Å². The third-order valence-corrected chi connectivity index (χ3v) is 6.40. The molecule has 7 heteroatoms. The van der Waals surface area contributed by atoms with Crippen LogP contribution in [0.15, 0.2) is 41.3 Å². The summed E-state index contributed by atoms with van der Waals surface area (Å²) in [7, 11) is -3.71. The molecule has 2 aromatic rings. The highest BCUT2D eigenvalue weighted by molar-refractivity contribution is 7.92. The molecule has 1 N–H and O–H groups in total. The lowest BCUT2D eigenvalue weighted by atomic mass is 10.1. The Hall–Kier alpha value is -2.54. The number of anilines is 1. The van der Waals surface area contributed by atoms with E-state index in [0.29, 0.717) is 17.0 Å². The monoisotopic (exact) mass is 402 g/mol. The minimum absolute atomic E-state index is 0.0339. The molecule has 1 amide bonds. The number of carbonyl (C=O) groups is 1. The molecule has 0 unspecified atom stereocenters. The van der Waals surface area contributed by atoms with E-state index in [1.165, 1.54) is 6.07 Å². The number of rotatable bonds is 6. The third kappa shape index (κ3) is 4.65. The number of amides is 1. The zero-order valence-corrected chi connectivity index (χ0v) is 17.3. The van der Waals surface area contributed by atoms with Crippen LogP contribution in [-0.2, 0) is 14.8 Å². The number of nitrogens with one attached hydrogen (secondary N) is 1. The van der Waals surface area contributed by atoms with Crippen molar-refractivity contribution >= 4 is 21.6 Å². The molecule has 28 heavy (non-hydrogen) atoms. The van der Waals surface area contributed by atoms with Crippen LogP contribution in [0.2, 0.25) is 0 Å². The van der Waals surface area contributed by atoms with Crippen molar-refractivity contribution in [3.8, 4) is 5.75 Å². The van der Waals surface area contributed by atoms with Crippen LogP contribution in [0.1, 0.15) is 29.5 Å². The van der Waals surface area contributed by atoms with Gasteiger partial charge in [-0.05, 0) is 80.6 Å². The summed E-state index contributed by atoms with van der Waals surface area (Å²) < 4.78 is 33.6. The standard InChI is InChI=1S/C21H26N2O4S/c1-15-6-7-18(12-16(15)2)22-28(25,26)19-8-9-20(17(3)13-19)27-14-21(24)23-10-4-5-11-23/h6-9,12-13,22H,4-5,10-11,14H2,1-3H3. The highest BCUT2D eigenvalue weighted by Gasteiger charge is 2.19. The zero-order valence-electron chi connectivity index (χ0n) is 16.5. The van der Waals surface area contributed by atoms with Gasteiger partial charge in [-0.1, -0.05) is 6.07 Å². The molecule has 0 spiro atoms. The van der Waals surface area contributed by atoms with E-state index in [9.17, 15) is 13.2 Å². The predicted octanol–water partition coefficient (Wildman–Crippen LogP) is 3.41. The first-order valence-electron chi connectivity index (χ1n) is 9.37. The van der Waals surface area contributed by atoms with Crippen molar-refractivity contribution in [2.45, 2.75) is 38.5 Å². The van der Waals surface area contributed by atoms with Crippen molar-refractivity contribution in [2.75, 3.05) is 24.4 Å². The van der Waals surface area contributed by atoms with E-state index in [1.807, 2.05) is 19.9 Å². The lowest BCUT2D eigenvalue weighted by Crippen LogP contribution is -2.32. The molecule has 3 rings (SSSR count). The maximum Gasteiger partial charge on any atom is 0.261 e. The van der Waals surface area contributed by atoms with Crippen LogP contribution >= 0.6 is 0 Å². The van der Waals surface area contributed by atoms with E-state index in [-0.39, 0.29) is 17.4 Å². The van der Waals surface area contributed by atoms with Gasteiger partial charge in [-0.3, -0.25) is 9.52 Å². The van der Waals surface area contributed by atoms with Gasteiger partial charge in [-0.15, -0.1) is 0 Å². The highest BCUT2D eigenvalue weighted by atomic mass is 32.2. The molecule has 0 aromatic heterocycles. The minimum Gasteiger partial charge on any atom is -0.483 e. The van der Waals surface area contributed by atoms with Gasteiger partial charge < -0.3 is 9.64 Å². The van der Waals surface area contributed by atoms with Crippen LogP contribution < -0.4 is 9.46 Å². The Morgan fingerprint density at radius 1 is 1.00 bits per heavy atom. The number of hydrogen-bond donors (Lipinski definition) is 1. The molecule has 0 aliphatic carbocycles. The van der Waals surface area contributed by atoms with Gasteiger partial charge in [-0.25, -0.2) is 8.42 Å². The van der Waals surface area contributed by atoms with Crippen molar-refractivity contribution in [1.82, 2.24) is 4.90 Å². The summed E-state index contributed by atoms with van der Waals surface area (Å²) in [5, 5.41) is 0. The summed E-state index contributed by atoms with van der Waals surface area (Å²) >= 11 is 0.